The molecule has 126 valence electrons. The molecule has 0 unspecified atom stereocenters. The summed E-state index contributed by atoms with van der Waals surface area (Å²) < 4.78 is 5.68. The Morgan fingerprint density at radius 1 is 1.26 bits per heavy atom. The largest absolute Gasteiger partial charge is 0.426 e. The van der Waals surface area contributed by atoms with E-state index in [-0.39, 0.29) is 5.97 Å². The molecule has 1 aromatic carbocycles. The molecule has 0 saturated carbocycles. The Morgan fingerprint density at radius 2 is 2.00 bits per heavy atom. The van der Waals surface area contributed by atoms with Crippen LogP contribution < -0.4 is 4.74 Å². The first kappa shape index (κ1) is 17.8. The molecule has 0 fully saturated rings. The second kappa shape index (κ2) is 7.32. The molecule has 0 spiro atoms. The summed E-state index contributed by atoms with van der Waals surface area (Å²) in [6, 6.07) is 6.80. The van der Waals surface area contributed by atoms with Gasteiger partial charge in [0.1, 0.15) is 5.75 Å². The van der Waals surface area contributed by atoms with Crippen LogP contribution in [0.2, 0.25) is 25.7 Å². The molecule has 0 aliphatic carbocycles. The number of hydrogen-bond acceptors (Lipinski definition) is 3. The summed E-state index contributed by atoms with van der Waals surface area (Å²) in [7, 11) is 2.90. The first-order valence-corrected chi connectivity index (χ1v) is 11.9. The van der Waals surface area contributed by atoms with E-state index in [9.17, 15) is 4.79 Å². The molecular weight excluding hydrogens is 304 g/mol. The number of fused-ring (bicyclic) bond motifs is 1. The fraction of sp³-hybridized carbons (Fsp3) is 0.500. The van der Waals surface area contributed by atoms with Crippen molar-refractivity contribution in [3.05, 3.63) is 30.0 Å². The second-order valence-corrected chi connectivity index (χ2v) is 13.2. The zero-order valence-electron chi connectivity index (χ0n) is 14.9. The zero-order chi connectivity index (χ0) is 17.0. The summed E-state index contributed by atoms with van der Waals surface area (Å²) in [4.78, 5) is 17.6. The molecule has 0 atom stereocenters. The van der Waals surface area contributed by atoms with Gasteiger partial charge in [0.05, 0.1) is 0 Å². The SMILES string of the molecule is CN(C)CCc1c[nH]c2cccc(OC(=O)CC[Si](C)(C)C)c12. The Bertz CT molecular complexity index is 671. The Kier molecular flexibility index (Phi) is 5.65. The van der Waals surface area contributed by atoms with Gasteiger partial charge in [-0.1, -0.05) is 25.7 Å². The number of hydrogen-bond donors (Lipinski definition) is 1. The van der Waals surface area contributed by atoms with Crippen molar-refractivity contribution in [1.29, 1.82) is 0 Å². The van der Waals surface area contributed by atoms with Crippen LogP contribution in [0.3, 0.4) is 0 Å². The molecular formula is C18H28N2O2Si. The molecule has 1 heterocycles. The normalized spacial score (nSPS) is 12.1. The maximum atomic E-state index is 12.2. The molecule has 0 bridgehead atoms. The molecule has 5 heteroatoms. The summed E-state index contributed by atoms with van der Waals surface area (Å²) in [5.41, 5.74) is 2.22. The number of rotatable bonds is 7. The van der Waals surface area contributed by atoms with Crippen molar-refractivity contribution < 1.29 is 9.53 Å². The lowest BCUT2D eigenvalue weighted by Crippen LogP contribution is -2.22. The number of ether oxygens (including phenoxy) is 1. The highest BCUT2D eigenvalue weighted by Crippen LogP contribution is 2.29. The summed E-state index contributed by atoms with van der Waals surface area (Å²) in [5.74, 6) is 0.553. The van der Waals surface area contributed by atoms with Gasteiger partial charge in [0.25, 0.3) is 0 Å². The number of aromatic nitrogens is 1. The second-order valence-electron chi connectivity index (χ2n) is 7.58. The monoisotopic (exact) mass is 332 g/mol. The van der Waals surface area contributed by atoms with Crippen LogP contribution in [0.15, 0.2) is 24.4 Å². The van der Waals surface area contributed by atoms with Gasteiger partial charge >= 0.3 is 5.97 Å². The molecule has 23 heavy (non-hydrogen) atoms. The number of aromatic amines is 1. The number of esters is 1. The van der Waals surface area contributed by atoms with Crippen LogP contribution in [0.5, 0.6) is 5.75 Å². The van der Waals surface area contributed by atoms with Crippen molar-refractivity contribution in [2.24, 2.45) is 0 Å². The van der Waals surface area contributed by atoms with Crippen LogP contribution in [0.4, 0.5) is 0 Å². The highest BCUT2D eigenvalue weighted by molar-refractivity contribution is 6.76. The topological polar surface area (TPSA) is 45.3 Å². The van der Waals surface area contributed by atoms with Crippen molar-refractivity contribution in [2.75, 3.05) is 20.6 Å². The lowest BCUT2D eigenvalue weighted by molar-refractivity contribution is -0.133. The van der Waals surface area contributed by atoms with Gasteiger partial charge in [-0.15, -0.1) is 0 Å². The van der Waals surface area contributed by atoms with Crippen molar-refractivity contribution >= 4 is 24.9 Å². The van der Waals surface area contributed by atoms with Crippen molar-refractivity contribution in [2.45, 2.75) is 38.5 Å². The van der Waals surface area contributed by atoms with Crippen LogP contribution in [0.1, 0.15) is 12.0 Å². The molecule has 1 aromatic heterocycles. The number of H-pyrrole nitrogens is 1. The predicted octanol–water partition coefficient (Wildman–Crippen LogP) is 3.91. The van der Waals surface area contributed by atoms with Gasteiger partial charge in [-0.2, -0.15) is 0 Å². The van der Waals surface area contributed by atoms with Crippen LogP contribution in [-0.2, 0) is 11.2 Å². The number of benzene rings is 1. The van der Waals surface area contributed by atoms with Gasteiger partial charge in [0.2, 0.25) is 0 Å². The summed E-state index contributed by atoms with van der Waals surface area (Å²) in [5, 5.41) is 1.04. The molecule has 0 saturated heterocycles. The lowest BCUT2D eigenvalue weighted by atomic mass is 10.1. The highest BCUT2D eigenvalue weighted by atomic mass is 28.3. The third-order valence-electron chi connectivity index (χ3n) is 3.88. The van der Waals surface area contributed by atoms with Crippen LogP contribution >= 0.6 is 0 Å². The van der Waals surface area contributed by atoms with E-state index in [4.69, 9.17) is 4.74 Å². The number of nitrogens with zero attached hydrogens (tertiary/aromatic N) is 1. The van der Waals surface area contributed by atoms with Gasteiger partial charge in [0, 0.05) is 38.1 Å². The summed E-state index contributed by atoms with van der Waals surface area (Å²) in [6.07, 6.45) is 3.45. The maximum absolute atomic E-state index is 12.2. The standard InChI is InChI=1S/C18H28N2O2Si/c1-20(2)11-9-14-13-19-15-7-6-8-16(18(14)15)22-17(21)10-12-23(3,4)5/h6-8,13,19H,9-12H2,1-5H3. The Morgan fingerprint density at radius 3 is 2.65 bits per heavy atom. The molecule has 2 rings (SSSR count). The third-order valence-corrected chi connectivity index (χ3v) is 5.63. The Labute approximate surface area is 139 Å². The Hall–Kier alpha value is -1.59. The van der Waals surface area contributed by atoms with Gasteiger partial charge in [0.15, 0.2) is 0 Å². The average molecular weight is 333 g/mol. The Balaban J connectivity index is 2.16. The first-order chi connectivity index (χ1) is 10.8. The third kappa shape index (κ3) is 5.22. The fourth-order valence-electron chi connectivity index (χ4n) is 2.50. The van der Waals surface area contributed by atoms with E-state index < -0.39 is 8.07 Å². The van der Waals surface area contributed by atoms with Gasteiger partial charge in [-0.3, -0.25) is 4.79 Å². The maximum Gasteiger partial charge on any atom is 0.310 e. The van der Waals surface area contributed by atoms with E-state index in [0.717, 1.165) is 29.9 Å². The lowest BCUT2D eigenvalue weighted by Gasteiger charge is -2.15. The minimum absolute atomic E-state index is 0.125. The van der Waals surface area contributed by atoms with Gasteiger partial charge in [-0.05, 0) is 44.3 Å². The molecule has 4 nitrogen and oxygen atoms in total. The van der Waals surface area contributed by atoms with Gasteiger partial charge < -0.3 is 14.6 Å². The minimum atomic E-state index is -1.23. The number of carbonyl (C=O) groups excluding carboxylic acids is 1. The van der Waals surface area contributed by atoms with E-state index in [0.29, 0.717) is 12.2 Å². The van der Waals surface area contributed by atoms with Crippen LogP contribution in [-0.4, -0.2) is 44.6 Å². The van der Waals surface area contributed by atoms with E-state index in [2.05, 4.69) is 43.6 Å². The molecule has 0 aliphatic heterocycles. The first-order valence-electron chi connectivity index (χ1n) is 8.21. The van der Waals surface area contributed by atoms with Crippen molar-refractivity contribution in [3.63, 3.8) is 0 Å². The van der Waals surface area contributed by atoms with E-state index in [1.165, 1.54) is 5.56 Å². The molecule has 0 aliphatic rings. The van der Waals surface area contributed by atoms with Crippen molar-refractivity contribution in [1.82, 2.24) is 9.88 Å². The quantitative estimate of drug-likeness (QED) is 0.475. The number of carbonyl (C=O) groups is 1. The summed E-state index contributed by atoms with van der Waals surface area (Å²) in [6.45, 7) is 7.77. The number of nitrogens with one attached hydrogen (secondary N) is 1. The smallest absolute Gasteiger partial charge is 0.310 e. The molecule has 0 radical (unpaired) electrons. The fourth-order valence-corrected chi connectivity index (χ4v) is 3.45. The van der Waals surface area contributed by atoms with Crippen LogP contribution in [0.25, 0.3) is 10.9 Å². The van der Waals surface area contributed by atoms with Crippen molar-refractivity contribution in [3.8, 4) is 5.75 Å². The van der Waals surface area contributed by atoms with Crippen LogP contribution in [0, 0.1) is 0 Å². The highest BCUT2D eigenvalue weighted by Gasteiger charge is 2.17. The molecule has 0 amide bonds. The average Bonchev–Trinajstić information content (AvgIpc) is 2.86. The van der Waals surface area contributed by atoms with E-state index in [1.54, 1.807) is 0 Å². The van der Waals surface area contributed by atoms with Gasteiger partial charge in [-0.25, -0.2) is 0 Å². The molecule has 1 N–H and O–H groups in total. The predicted molar refractivity (Wildman–Crippen MR) is 99.0 cm³/mol. The minimum Gasteiger partial charge on any atom is -0.426 e. The van der Waals surface area contributed by atoms with E-state index in [1.807, 2.05) is 24.4 Å². The molecule has 2 aromatic rings. The summed E-state index contributed by atoms with van der Waals surface area (Å²) >= 11 is 0. The zero-order valence-corrected chi connectivity index (χ0v) is 15.9. The number of likely N-dealkylation sites (N-methyl/N-ethyl adjacent to an activating group) is 1. The van der Waals surface area contributed by atoms with E-state index >= 15 is 0 Å².